The molecule has 0 aliphatic rings. The first-order valence-electron chi connectivity index (χ1n) is 6.07. The lowest BCUT2D eigenvalue weighted by Crippen LogP contribution is -2.19. The monoisotopic (exact) mass is 259 g/mol. The van der Waals surface area contributed by atoms with Gasteiger partial charge in [0.1, 0.15) is 5.76 Å². The molecule has 0 aliphatic carbocycles. The van der Waals surface area contributed by atoms with Gasteiger partial charge in [0.2, 0.25) is 0 Å². The van der Waals surface area contributed by atoms with Crippen LogP contribution in [0.2, 0.25) is 0 Å². The second-order valence-electron chi connectivity index (χ2n) is 4.68. The number of carbonyl (C=O) groups is 1. The molecule has 100 valence electrons. The molecule has 0 saturated heterocycles. The fourth-order valence-corrected chi connectivity index (χ4v) is 2.05. The first kappa shape index (κ1) is 13.2. The van der Waals surface area contributed by atoms with Crippen molar-refractivity contribution in [1.29, 1.82) is 0 Å². The van der Waals surface area contributed by atoms with Crippen LogP contribution in [0.15, 0.2) is 34.9 Å². The van der Waals surface area contributed by atoms with Gasteiger partial charge >= 0.3 is 5.97 Å². The highest BCUT2D eigenvalue weighted by Crippen LogP contribution is 2.24. The number of aromatic carboxylic acids is 1. The molecule has 0 atom stereocenters. The fourth-order valence-electron chi connectivity index (χ4n) is 2.05. The van der Waals surface area contributed by atoms with Gasteiger partial charge in [-0.3, -0.25) is 0 Å². The van der Waals surface area contributed by atoms with Crippen LogP contribution in [0.4, 0.5) is 5.69 Å². The number of nitrogens with zero attached hydrogens (tertiary/aromatic N) is 1. The van der Waals surface area contributed by atoms with Gasteiger partial charge in [0.25, 0.3) is 0 Å². The Morgan fingerprint density at radius 3 is 2.63 bits per heavy atom. The Bertz CT molecular complexity index is 601. The molecule has 19 heavy (non-hydrogen) atoms. The molecule has 2 aromatic rings. The molecule has 1 aromatic carbocycles. The SMILES string of the molecule is Cc1ccc(C(=O)O)c(N(C)Cc2ccoc2C)c1. The van der Waals surface area contributed by atoms with E-state index < -0.39 is 5.97 Å². The van der Waals surface area contributed by atoms with Gasteiger partial charge in [0.15, 0.2) is 0 Å². The highest BCUT2D eigenvalue weighted by molar-refractivity contribution is 5.94. The van der Waals surface area contributed by atoms with E-state index in [-0.39, 0.29) is 0 Å². The van der Waals surface area contributed by atoms with Crippen LogP contribution < -0.4 is 4.90 Å². The van der Waals surface area contributed by atoms with E-state index in [1.165, 1.54) is 0 Å². The number of rotatable bonds is 4. The Balaban J connectivity index is 2.32. The molecule has 4 heteroatoms. The maximum atomic E-state index is 11.3. The van der Waals surface area contributed by atoms with E-state index in [0.29, 0.717) is 17.8 Å². The molecule has 0 radical (unpaired) electrons. The maximum absolute atomic E-state index is 11.3. The van der Waals surface area contributed by atoms with Gasteiger partial charge in [-0.2, -0.15) is 0 Å². The van der Waals surface area contributed by atoms with Crippen LogP contribution in [0.3, 0.4) is 0 Å². The molecule has 1 aromatic heterocycles. The van der Waals surface area contributed by atoms with Crippen LogP contribution in [0.5, 0.6) is 0 Å². The molecule has 4 nitrogen and oxygen atoms in total. The predicted octanol–water partition coefficient (Wildman–Crippen LogP) is 3.23. The smallest absolute Gasteiger partial charge is 0.337 e. The lowest BCUT2D eigenvalue weighted by atomic mass is 10.1. The number of furan rings is 1. The number of hydrogen-bond acceptors (Lipinski definition) is 3. The minimum atomic E-state index is -0.911. The van der Waals surface area contributed by atoms with Crippen molar-refractivity contribution in [2.75, 3.05) is 11.9 Å². The lowest BCUT2D eigenvalue weighted by Gasteiger charge is -2.21. The van der Waals surface area contributed by atoms with E-state index in [4.69, 9.17) is 4.42 Å². The zero-order chi connectivity index (χ0) is 14.0. The molecule has 0 unspecified atom stereocenters. The lowest BCUT2D eigenvalue weighted by molar-refractivity contribution is 0.0697. The third kappa shape index (κ3) is 2.78. The maximum Gasteiger partial charge on any atom is 0.337 e. The van der Waals surface area contributed by atoms with Crippen molar-refractivity contribution in [1.82, 2.24) is 0 Å². The zero-order valence-corrected chi connectivity index (χ0v) is 11.3. The predicted molar refractivity (Wildman–Crippen MR) is 73.7 cm³/mol. The molecular weight excluding hydrogens is 242 g/mol. The summed E-state index contributed by atoms with van der Waals surface area (Å²) >= 11 is 0. The van der Waals surface area contributed by atoms with Crippen molar-refractivity contribution in [3.63, 3.8) is 0 Å². The summed E-state index contributed by atoms with van der Waals surface area (Å²) in [5.74, 6) is -0.0536. The van der Waals surface area contributed by atoms with Gasteiger partial charge in [0, 0.05) is 19.2 Å². The van der Waals surface area contributed by atoms with Crippen LogP contribution >= 0.6 is 0 Å². The minimum absolute atomic E-state index is 0.314. The van der Waals surface area contributed by atoms with Crippen molar-refractivity contribution in [2.24, 2.45) is 0 Å². The Morgan fingerprint density at radius 2 is 2.05 bits per heavy atom. The Hall–Kier alpha value is -2.23. The largest absolute Gasteiger partial charge is 0.478 e. The third-order valence-electron chi connectivity index (χ3n) is 3.17. The molecule has 0 amide bonds. The van der Waals surface area contributed by atoms with Gasteiger partial charge in [-0.1, -0.05) is 6.07 Å². The molecule has 0 saturated carbocycles. The molecule has 1 heterocycles. The summed E-state index contributed by atoms with van der Waals surface area (Å²) < 4.78 is 5.26. The number of carboxylic acids is 1. The highest BCUT2D eigenvalue weighted by Gasteiger charge is 2.15. The van der Waals surface area contributed by atoms with Crippen molar-refractivity contribution in [3.8, 4) is 0 Å². The van der Waals surface area contributed by atoms with Crippen LogP contribution in [0, 0.1) is 13.8 Å². The third-order valence-corrected chi connectivity index (χ3v) is 3.17. The van der Waals surface area contributed by atoms with Gasteiger partial charge in [0.05, 0.1) is 17.5 Å². The first-order chi connectivity index (χ1) is 8.99. The van der Waals surface area contributed by atoms with Crippen molar-refractivity contribution in [2.45, 2.75) is 20.4 Å². The molecule has 0 fully saturated rings. The number of anilines is 1. The van der Waals surface area contributed by atoms with E-state index in [9.17, 15) is 9.90 Å². The van der Waals surface area contributed by atoms with Gasteiger partial charge in [-0.25, -0.2) is 4.79 Å². The summed E-state index contributed by atoms with van der Waals surface area (Å²) in [5.41, 5.74) is 3.12. The fraction of sp³-hybridized carbons (Fsp3) is 0.267. The number of carboxylic acid groups (broad SMARTS) is 1. The standard InChI is InChI=1S/C15H17NO3/c1-10-4-5-13(15(17)18)14(8-10)16(3)9-12-6-7-19-11(12)2/h4-8H,9H2,1-3H3,(H,17,18). The van der Waals surface area contributed by atoms with Gasteiger partial charge < -0.3 is 14.4 Å². The van der Waals surface area contributed by atoms with E-state index in [1.54, 1.807) is 12.3 Å². The average molecular weight is 259 g/mol. The van der Waals surface area contributed by atoms with E-state index in [0.717, 1.165) is 16.9 Å². The van der Waals surface area contributed by atoms with Gasteiger partial charge in [-0.05, 0) is 37.6 Å². The summed E-state index contributed by atoms with van der Waals surface area (Å²) in [6.45, 7) is 4.47. The van der Waals surface area contributed by atoms with Crippen molar-refractivity contribution < 1.29 is 14.3 Å². The Morgan fingerprint density at radius 1 is 1.32 bits per heavy atom. The van der Waals surface area contributed by atoms with Crippen LogP contribution in [-0.2, 0) is 6.54 Å². The van der Waals surface area contributed by atoms with Crippen LogP contribution in [0.25, 0.3) is 0 Å². The average Bonchev–Trinajstić information content (AvgIpc) is 2.74. The number of benzene rings is 1. The van der Waals surface area contributed by atoms with Gasteiger partial charge in [-0.15, -0.1) is 0 Å². The Labute approximate surface area is 112 Å². The van der Waals surface area contributed by atoms with E-state index in [2.05, 4.69) is 0 Å². The second kappa shape index (κ2) is 5.18. The normalized spacial score (nSPS) is 10.5. The molecule has 0 bridgehead atoms. The summed E-state index contributed by atoms with van der Waals surface area (Å²) in [6, 6.07) is 7.25. The van der Waals surface area contributed by atoms with Crippen LogP contribution in [-0.4, -0.2) is 18.1 Å². The Kier molecular flexibility index (Phi) is 3.60. The molecular formula is C15H17NO3. The molecule has 2 rings (SSSR count). The minimum Gasteiger partial charge on any atom is -0.478 e. The van der Waals surface area contributed by atoms with E-state index >= 15 is 0 Å². The number of aryl methyl sites for hydroxylation is 2. The topological polar surface area (TPSA) is 53.7 Å². The summed E-state index contributed by atoms with van der Waals surface area (Å²) in [6.07, 6.45) is 1.65. The molecule has 1 N–H and O–H groups in total. The van der Waals surface area contributed by atoms with Crippen molar-refractivity contribution >= 4 is 11.7 Å². The summed E-state index contributed by atoms with van der Waals surface area (Å²) in [5, 5.41) is 9.24. The number of hydrogen-bond donors (Lipinski definition) is 1. The molecule has 0 spiro atoms. The summed E-state index contributed by atoms with van der Waals surface area (Å²) in [4.78, 5) is 13.2. The summed E-state index contributed by atoms with van der Waals surface area (Å²) in [7, 11) is 1.88. The van der Waals surface area contributed by atoms with Crippen LogP contribution in [0.1, 0.15) is 27.2 Å². The zero-order valence-electron chi connectivity index (χ0n) is 11.3. The molecule has 0 aliphatic heterocycles. The van der Waals surface area contributed by atoms with E-state index in [1.807, 2.05) is 44.0 Å². The first-order valence-corrected chi connectivity index (χ1v) is 6.07. The highest BCUT2D eigenvalue weighted by atomic mass is 16.4. The second-order valence-corrected chi connectivity index (χ2v) is 4.68. The quantitative estimate of drug-likeness (QED) is 0.915. The van der Waals surface area contributed by atoms with Crippen molar-refractivity contribution in [3.05, 3.63) is 53.0 Å².